The Bertz CT molecular complexity index is 637. The number of rotatable bonds is 4. The average molecular weight is 352 g/mol. The Morgan fingerprint density at radius 1 is 1.27 bits per heavy atom. The summed E-state index contributed by atoms with van der Waals surface area (Å²) in [5.41, 5.74) is -0.129. The summed E-state index contributed by atoms with van der Waals surface area (Å²) >= 11 is 0. The second kappa shape index (κ2) is 5.41. The van der Waals surface area contributed by atoms with Gasteiger partial charge in [-0.05, 0) is 18.3 Å². The van der Waals surface area contributed by atoms with Gasteiger partial charge in [0, 0.05) is 26.2 Å². The SMILES string of the molecule is CC1(C)CCOC1CS(=O)(=O)N1CC(N2CCCS2(=O)=O)C1. The number of ether oxygens (including phenoxy) is 1. The van der Waals surface area contributed by atoms with Crippen LogP contribution in [0.25, 0.3) is 0 Å². The Kier molecular flexibility index (Phi) is 4.09. The molecule has 0 aromatic rings. The molecule has 1 atom stereocenters. The molecule has 3 heterocycles. The van der Waals surface area contributed by atoms with Crippen LogP contribution in [0.2, 0.25) is 0 Å². The summed E-state index contributed by atoms with van der Waals surface area (Å²) in [5, 5.41) is 0. The van der Waals surface area contributed by atoms with E-state index < -0.39 is 20.0 Å². The van der Waals surface area contributed by atoms with Crippen LogP contribution in [0.4, 0.5) is 0 Å². The quantitative estimate of drug-likeness (QED) is 0.703. The Morgan fingerprint density at radius 3 is 2.45 bits per heavy atom. The van der Waals surface area contributed by atoms with Crippen LogP contribution < -0.4 is 0 Å². The maximum atomic E-state index is 12.5. The van der Waals surface area contributed by atoms with Gasteiger partial charge in [-0.15, -0.1) is 0 Å². The highest BCUT2D eigenvalue weighted by molar-refractivity contribution is 7.89. The third-order valence-corrected chi connectivity index (χ3v) is 8.88. The summed E-state index contributed by atoms with van der Waals surface area (Å²) in [7, 11) is -6.56. The average Bonchev–Trinajstić information content (AvgIpc) is 2.80. The van der Waals surface area contributed by atoms with Crippen molar-refractivity contribution in [1.82, 2.24) is 8.61 Å². The van der Waals surface area contributed by atoms with E-state index in [1.807, 2.05) is 13.8 Å². The highest BCUT2D eigenvalue weighted by Gasteiger charge is 2.47. The molecular weight excluding hydrogens is 328 g/mol. The molecule has 9 heteroatoms. The van der Waals surface area contributed by atoms with Crippen molar-refractivity contribution in [3.63, 3.8) is 0 Å². The minimum atomic E-state index is -3.39. The molecule has 0 N–H and O–H groups in total. The number of hydrogen-bond acceptors (Lipinski definition) is 5. The third kappa shape index (κ3) is 2.93. The normalized spacial score (nSPS) is 33.1. The molecule has 7 nitrogen and oxygen atoms in total. The largest absolute Gasteiger partial charge is 0.377 e. The van der Waals surface area contributed by atoms with Gasteiger partial charge in [0.25, 0.3) is 0 Å². The molecule has 1 unspecified atom stereocenters. The van der Waals surface area contributed by atoms with Crippen LogP contribution in [0.3, 0.4) is 0 Å². The molecule has 22 heavy (non-hydrogen) atoms. The minimum Gasteiger partial charge on any atom is -0.377 e. The molecule has 0 aromatic carbocycles. The molecule has 0 radical (unpaired) electrons. The number of sulfonamides is 2. The monoisotopic (exact) mass is 352 g/mol. The molecule has 0 spiro atoms. The van der Waals surface area contributed by atoms with Crippen LogP contribution in [0.5, 0.6) is 0 Å². The molecule has 0 aromatic heterocycles. The fraction of sp³-hybridized carbons (Fsp3) is 1.00. The van der Waals surface area contributed by atoms with Crippen LogP contribution in [-0.2, 0) is 24.8 Å². The molecular formula is C13H24N2O5S2. The minimum absolute atomic E-state index is 0.0144. The second-order valence-electron chi connectivity index (χ2n) is 7.13. The van der Waals surface area contributed by atoms with Crippen LogP contribution in [-0.4, -0.2) is 75.3 Å². The molecule has 3 saturated heterocycles. The standard InChI is InChI=1S/C13H24N2O5S2/c1-13(2)4-6-20-12(13)10-22(18,19)14-8-11(9-14)15-5-3-7-21(15,16)17/h11-12H,3-10H2,1-2H3. The second-order valence-corrected chi connectivity index (χ2v) is 11.2. The van der Waals surface area contributed by atoms with E-state index in [9.17, 15) is 16.8 Å². The van der Waals surface area contributed by atoms with Gasteiger partial charge in [0.15, 0.2) is 0 Å². The maximum absolute atomic E-state index is 12.5. The van der Waals surface area contributed by atoms with E-state index in [0.29, 0.717) is 19.6 Å². The molecule has 3 aliphatic heterocycles. The summed E-state index contributed by atoms with van der Waals surface area (Å²) in [5.74, 6) is 0.166. The lowest BCUT2D eigenvalue weighted by Gasteiger charge is -2.42. The van der Waals surface area contributed by atoms with Gasteiger partial charge in [-0.2, -0.15) is 8.61 Å². The Labute approximate surface area is 132 Å². The van der Waals surface area contributed by atoms with E-state index in [1.54, 1.807) is 0 Å². The summed E-state index contributed by atoms with van der Waals surface area (Å²) in [4.78, 5) is 0. The molecule has 0 saturated carbocycles. The predicted molar refractivity (Wildman–Crippen MR) is 82.4 cm³/mol. The smallest absolute Gasteiger partial charge is 0.216 e. The van der Waals surface area contributed by atoms with Crippen molar-refractivity contribution in [2.24, 2.45) is 5.41 Å². The molecule has 0 bridgehead atoms. The number of nitrogens with zero attached hydrogens (tertiary/aromatic N) is 2. The van der Waals surface area contributed by atoms with Crippen molar-refractivity contribution < 1.29 is 21.6 Å². The lowest BCUT2D eigenvalue weighted by atomic mass is 9.87. The summed E-state index contributed by atoms with van der Waals surface area (Å²) in [6.45, 7) is 5.71. The summed E-state index contributed by atoms with van der Waals surface area (Å²) in [6, 6.07) is -0.195. The Morgan fingerprint density at radius 2 is 1.95 bits per heavy atom. The van der Waals surface area contributed by atoms with Gasteiger partial charge >= 0.3 is 0 Å². The van der Waals surface area contributed by atoms with E-state index in [4.69, 9.17) is 4.74 Å². The van der Waals surface area contributed by atoms with Gasteiger partial charge in [0.2, 0.25) is 20.0 Å². The van der Waals surface area contributed by atoms with Gasteiger partial charge in [-0.3, -0.25) is 0 Å². The van der Waals surface area contributed by atoms with Crippen LogP contribution in [0.1, 0.15) is 26.7 Å². The van der Waals surface area contributed by atoms with Gasteiger partial charge in [-0.25, -0.2) is 16.8 Å². The fourth-order valence-corrected chi connectivity index (χ4v) is 6.98. The van der Waals surface area contributed by atoms with Crippen molar-refractivity contribution in [2.45, 2.75) is 38.8 Å². The molecule has 3 rings (SSSR count). The van der Waals surface area contributed by atoms with Crippen molar-refractivity contribution in [2.75, 3.05) is 37.7 Å². The van der Waals surface area contributed by atoms with E-state index in [2.05, 4.69) is 0 Å². The van der Waals surface area contributed by atoms with Gasteiger partial charge in [0.05, 0.1) is 23.7 Å². The topological polar surface area (TPSA) is 84.0 Å². The van der Waals surface area contributed by atoms with Gasteiger partial charge < -0.3 is 4.74 Å². The van der Waals surface area contributed by atoms with Crippen molar-refractivity contribution in [1.29, 1.82) is 0 Å². The van der Waals surface area contributed by atoms with E-state index >= 15 is 0 Å². The van der Waals surface area contributed by atoms with E-state index in [-0.39, 0.29) is 42.2 Å². The molecule has 3 aliphatic rings. The fourth-order valence-electron chi connectivity index (χ4n) is 3.32. The molecule has 0 aliphatic carbocycles. The first-order valence-electron chi connectivity index (χ1n) is 7.71. The molecule has 3 fully saturated rings. The Hall–Kier alpha value is -0.220. The summed E-state index contributed by atoms with van der Waals surface area (Å²) < 4.78 is 57.1. The Balaban J connectivity index is 1.60. The lowest BCUT2D eigenvalue weighted by molar-refractivity contribution is 0.0791. The first-order valence-corrected chi connectivity index (χ1v) is 10.9. The highest BCUT2D eigenvalue weighted by atomic mass is 32.2. The van der Waals surface area contributed by atoms with Crippen molar-refractivity contribution in [3.8, 4) is 0 Å². The van der Waals surface area contributed by atoms with E-state index in [1.165, 1.54) is 8.61 Å². The van der Waals surface area contributed by atoms with Crippen molar-refractivity contribution >= 4 is 20.0 Å². The first kappa shape index (κ1) is 16.6. The molecule has 128 valence electrons. The highest BCUT2D eigenvalue weighted by Crippen LogP contribution is 2.35. The van der Waals surface area contributed by atoms with Crippen LogP contribution in [0, 0.1) is 5.41 Å². The van der Waals surface area contributed by atoms with Crippen LogP contribution in [0.15, 0.2) is 0 Å². The zero-order valence-corrected chi connectivity index (χ0v) is 14.7. The zero-order chi connectivity index (χ0) is 16.2. The first-order chi connectivity index (χ1) is 10.1. The maximum Gasteiger partial charge on any atom is 0.216 e. The van der Waals surface area contributed by atoms with Crippen LogP contribution >= 0.6 is 0 Å². The van der Waals surface area contributed by atoms with E-state index in [0.717, 1.165) is 6.42 Å². The molecule has 0 amide bonds. The third-order valence-electron chi connectivity index (χ3n) is 5.07. The number of hydrogen-bond donors (Lipinski definition) is 0. The lowest BCUT2D eigenvalue weighted by Crippen LogP contribution is -2.62. The van der Waals surface area contributed by atoms with Gasteiger partial charge in [-0.1, -0.05) is 13.8 Å². The predicted octanol–water partition coefficient (Wildman–Crippen LogP) is -0.149. The summed E-state index contributed by atoms with van der Waals surface area (Å²) in [6.07, 6.45) is 1.21. The van der Waals surface area contributed by atoms with Gasteiger partial charge in [0.1, 0.15) is 0 Å². The van der Waals surface area contributed by atoms with Crippen molar-refractivity contribution in [3.05, 3.63) is 0 Å². The zero-order valence-electron chi connectivity index (χ0n) is 13.1.